The van der Waals surface area contributed by atoms with Crippen molar-refractivity contribution in [2.24, 2.45) is 10.2 Å². The first-order valence-corrected chi connectivity index (χ1v) is 6.24. The predicted octanol–water partition coefficient (Wildman–Crippen LogP) is 2.51. The van der Waals surface area contributed by atoms with E-state index in [1.165, 1.54) is 11.3 Å². The number of nitrogens with zero attached hydrogens (tertiary/aromatic N) is 3. The van der Waals surface area contributed by atoms with Crippen LogP contribution in [0, 0.1) is 0 Å². The van der Waals surface area contributed by atoms with Crippen LogP contribution in [0.5, 0.6) is 0 Å². The fraction of sp³-hybridized carbons (Fsp3) is 0.333. The highest BCUT2D eigenvalue weighted by atomic mass is 32.1. The largest absolute Gasteiger partial charge is 0.373 e. The maximum atomic E-state index is 9.82. The number of hydrogen-bond acceptors (Lipinski definition) is 4. The first-order chi connectivity index (χ1) is 8.09. The van der Waals surface area contributed by atoms with Crippen LogP contribution in [0.1, 0.15) is 27.0 Å². The molecule has 17 heavy (non-hydrogen) atoms. The minimum absolute atomic E-state index is 0.614. The van der Waals surface area contributed by atoms with E-state index in [4.69, 9.17) is 0 Å². The highest BCUT2D eigenvalue weighted by Gasteiger charge is 2.08. The van der Waals surface area contributed by atoms with Crippen LogP contribution in [-0.2, 0) is 0 Å². The van der Waals surface area contributed by atoms with Gasteiger partial charge in [-0.2, -0.15) is 5.10 Å². The summed E-state index contributed by atoms with van der Waals surface area (Å²) in [5.74, 6) is 0. The Morgan fingerprint density at radius 3 is 2.71 bits per heavy atom. The molecule has 1 heterocycles. The van der Waals surface area contributed by atoms with Crippen LogP contribution in [0.25, 0.3) is 10.2 Å². The number of thiazole rings is 1. The topological polar surface area (TPSA) is 49.9 Å². The summed E-state index contributed by atoms with van der Waals surface area (Å²) >= 11 is 1.52. The Kier molecular flexibility index (Phi) is 3.40. The summed E-state index contributed by atoms with van der Waals surface area (Å²) in [5, 5.41) is 18.0. The smallest absolute Gasteiger partial charge is 0.213 e. The molecule has 0 aliphatic heterocycles. The van der Waals surface area contributed by atoms with E-state index in [0.29, 0.717) is 4.80 Å². The summed E-state index contributed by atoms with van der Waals surface area (Å²) in [6.07, 6.45) is -0.614. The van der Waals surface area contributed by atoms with E-state index in [1.54, 1.807) is 11.5 Å². The maximum absolute atomic E-state index is 9.82. The highest BCUT2D eigenvalue weighted by molar-refractivity contribution is 7.16. The lowest BCUT2D eigenvalue weighted by Crippen LogP contribution is -2.18. The Balaban J connectivity index is 2.75. The molecule has 1 aromatic carbocycles. The number of benzene rings is 1. The zero-order chi connectivity index (χ0) is 12.4. The highest BCUT2D eigenvalue weighted by Crippen LogP contribution is 2.19. The molecule has 5 heteroatoms. The number of fused-ring (bicyclic) bond motifs is 1. The Morgan fingerprint density at radius 1 is 1.35 bits per heavy atom. The molecule has 1 N–H and O–H groups in total. The van der Waals surface area contributed by atoms with Gasteiger partial charge in [-0.15, -0.1) is 5.10 Å². The van der Waals surface area contributed by atoms with Crippen molar-refractivity contribution in [3.05, 3.63) is 29.1 Å². The molecule has 0 saturated carbocycles. The van der Waals surface area contributed by atoms with Gasteiger partial charge in [0.05, 0.1) is 10.2 Å². The second kappa shape index (κ2) is 4.81. The minimum Gasteiger partial charge on any atom is -0.373 e. The minimum atomic E-state index is -0.614. The van der Waals surface area contributed by atoms with Crippen molar-refractivity contribution in [1.82, 2.24) is 4.57 Å². The van der Waals surface area contributed by atoms with Gasteiger partial charge in [0.1, 0.15) is 6.23 Å². The molecule has 0 bridgehead atoms. The predicted molar refractivity (Wildman–Crippen MR) is 71.1 cm³/mol. The monoisotopic (exact) mass is 249 g/mol. The fourth-order valence-corrected chi connectivity index (χ4v) is 2.61. The molecule has 1 unspecified atom stereocenters. The van der Waals surface area contributed by atoms with Gasteiger partial charge in [-0.3, -0.25) is 4.57 Å². The first-order valence-electron chi connectivity index (χ1n) is 5.42. The van der Waals surface area contributed by atoms with Gasteiger partial charge in [0.2, 0.25) is 4.80 Å². The summed E-state index contributed by atoms with van der Waals surface area (Å²) in [4.78, 5) is 0.711. The summed E-state index contributed by atoms with van der Waals surface area (Å²) in [7, 11) is 0. The number of hydrogen-bond donors (Lipinski definition) is 1. The van der Waals surface area contributed by atoms with Crippen LogP contribution < -0.4 is 4.80 Å². The third-order valence-electron chi connectivity index (χ3n) is 2.24. The van der Waals surface area contributed by atoms with Gasteiger partial charge in [0.25, 0.3) is 0 Å². The second-order valence-electron chi connectivity index (χ2n) is 4.00. The van der Waals surface area contributed by atoms with Crippen LogP contribution in [-0.4, -0.2) is 15.4 Å². The van der Waals surface area contributed by atoms with Crippen molar-refractivity contribution in [3.63, 3.8) is 0 Å². The van der Waals surface area contributed by atoms with Gasteiger partial charge < -0.3 is 5.11 Å². The zero-order valence-corrected chi connectivity index (χ0v) is 10.9. The molecule has 1 atom stereocenters. The zero-order valence-electron chi connectivity index (χ0n) is 10.1. The van der Waals surface area contributed by atoms with Crippen molar-refractivity contribution >= 4 is 27.3 Å². The Hall–Kier alpha value is -1.46. The molecule has 0 saturated heterocycles. The number of para-hydroxylation sites is 1. The van der Waals surface area contributed by atoms with E-state index in [9.17, 15) is 5.11 Å². The van der Waals surface area contributed by atoms with Gasteiger partial charge in [0, 0.05) is 5.71 Å². The van der Waals surface area contributed by atoms with Gasteiger partial charge >= 0.3 is 0 Å². The lowest BCUT2D eigenvalue weighted by atomic mass is 10.3. The maximum Gasteiger partial charge on any atom is 0.213 e. The molecule has 0 radical (unpaired) electrons. The van der Waals surface area contributed by atoms with Crippen molar-refractivity contribution in [2.45, 2.75) is 27.0 Å². The second-order valence-corrected chi connectivity index (χ2v) is 5.01. The van der Waals surface area contributed by atoms with Gasteiger partial charge in [-0.25, -0.2) is 0 Å². The average Bonchev–Trinajstić information content (AvgIpc) is 2.64. The molecule has 2 aromatic rings. The molecule has 2 rings (SSSR count). The van der Waals surface area contributed by atoms with E-state index in [1.807, 2.05) is 38.1 Å². The Morgan fingerprint density at radius 2 is 2.06 bits per heavy atom. The van der Waals surface area contributed by atoms with Crippen molar-refractivity contribution in [3.8, 4) is 0 Å². The summed E-state index contributed by atoms with van der Waals surface area (Å²) < 4.78 is 2.88. The van der Waals surface area contributed by atoms with Crippen LogP contribution in [0.15, 0.2) is 34.5 Å². The molecule has 4 nitrogen and oxygen atoms in total. The summed E-state index contributed by atoms with van der Waals surface area (Å²) in [5.41, 5.74) is 1.87. The van der Waals surface area contributed by atoms with E-state index >= 15 is 0 Å². The van der Waals surface area contributed by atoms with Crippen LogP contribution in [0.4, 0.5) is 0 Å². The first kappa shape index (κ1) is 12.0. The molecule has 0 amide bonds. The third kappa shape index (κ3) is 2.45. The Labute approximate surface area is 104 Å². The van der Waals surface area contributed by atoms with Crippen LogP contribution in [0.2, 0.25) is 0 Å². The number of aromatic nitrogens is 1. The molecule has 90 valence electrons. The molecule has 0 spiro atoms. The van der Waals surface area contributed by atoms with Crippen molar-refractivity contribution in [2.75, 3.05) is 0 Å². The number of rotatable bonds is 2. The summed E-state index contributed by atoms with van der Waals surface area (Å²) in [6.45, 7) is 5.51. The Bertz CT molecular complexity index is 618. The fourth-order valence-electron chi connectivity index (χ4n) is 1.57. The number of aliphatic hydroxyl groups is 1. The van der Waals surface area contributed by atoms with Crippen molar-refractivity contribution in [1.29, 1.82) is 0 Å². The molecule has 0 aliphatic rings. The average molecular weight is 249 g/mol. The van der Waals surface area contributed by atoms with Gasteiger partial charge in [-0.05, 0) is 32.9 Å². The SMILES string of the molecule is CC(C)=N/N=c1\sc2ccccc2n1C(C)O. The molecule has 1 aromatic heterocycles. The lowest BCUT2D eigenvalue weighted by Gasteiger charge is -2.06. The molecule has 0 aliphatic carbocycles. The molecule has 0 fully saturated rings. The van der Waals surface area contributed by atoms with Crippen LogP contribution >= 0.6 is 11.3 Å². The van der Waals surface area contributed by atoms with E-state index in [-0.39, 0.29) is 0 Å². The van der Waals surface area contributed by atoms with E-state index in [2.05, 4.69) is 10.2 Å². The normalized spacial score (nSPS) is 14.0. The molecular formula is C12H15N3OS. The van der Waals surface area contributed by atoms with Gasteiger partial charge in [-0.1, -0.05) is 23.5 Å². The van der Waals surface area contributed by atoms with E-state index in [0.717, 1.165) is 15.9 Å². The molecular weight excluding hydrogens is 234 g/mol. The number of aliphatic hydroxyl groups excluding tert-OH is 1. The van der Waals surface area contributed by atoms with E-state index < -0.39 is 6.23 Å². The third-order valence-corrected chi connectivity index (χ3v) is 3.27. The standard InChI is InChI=1S/C12H15N3OS/c1-8(2)13-14-12-15(9(3)16)10-6-4-5-7-11(10)17-12/h4-7,9,16H,1-3H3/b14-12-. The van der Waals surface area contributed by atoms with Crippen molar-refractivity contribution < 1.29 is 5.11 Å². The van der Waals surface area contributed by atoms with Gasteiger partial charge in [0.15, 0.2) is 0 Å². The quantitative estimate of drug-likeness (QED) is 0.645. The summed E-state index contributed by atoms with van der Waals surface area (Å²) in [6, 6.07) is 7.91. The van der Waals surface area contributed by atoms with Crippen LogP contribution in [0.3, 0.4) is 0 Å². The lowest BCUT2D eigenvalue weighted by molar-refractivity contribution is 0.126.